The van der Waals surface area contributed by atoms with Crippen LogP contribution < -0.4 is 40.2 Å². The lowest BCUT2D eigenvalue weighted by molar-refractivity contribution is 0.0707. The van der Waals surface area contributed by atoms with Crippen LogP contribution >= 0.6 is 85.5 Å². The Bertz CT molecular complexity index is 4930. The summed E-state index contributed by atoms with van der Waals surface area (Å²) in [5.41, 5.74) is 0.644. The third-order valence-corrected chi connectivity index (χ3v) is 25.4. The average Bonchev–Trinajstić information content (AvgIpc) is 0.804. The Labute approximate surface area is 657 Å². The quantitative estimate of drug-likeness (QED) is 0.0249. The first kappa shape index (κ1) is 85.9. The van der Waals surface area contributed by atoms with Gasteiger partial charge in [-0.3, -0.25) is 19.2 Å². The van der Waals surface area contributed by atoms with Crippen molar-refractivity contribution in [3.63, 3.8) is 0 Å². The molecule has 0 aromatic heterocycles. The highest BCUT2D eigenvalue weighted by atomic mass is 79.9. The standard InChI is InChI=1S/C17H15BrClFN2O4S.C17H14Cl2F2N2O4S.C17H15Cl2FN2O4S.C17H15ClF2N2O4S/c18-13-8-10(2-4-15(13)20)21-17(24)9-1-3-14(19)16(5-9)27(25,26)22-11-6-12(23)7-11;18-12-2-1-8(3-15(12)28(26,27)23-10-4-11(24)5-10)17(25)22-9-6-13(19)16(21)14(20)7-9;18-13-3-1-9(17(24)21-10-2-4-15(20)14(19)8-10)5-16(13)27(25,26)22-11-6-12(23)7-11;18-13-8-10(2-4-14(13)19)21-17(24)9-1-3-15(20)16(5-9)27(25,26)22-11-6-12(23)7-11/h1-5,8,11-12,22-23H,6-7H2,(H,21,24);1-3,6-7,10-11,23-24H,4-5H2,(H,22,25);2*1-5,8,11-12,22-23H,6-7H2,(H,21,24). The zero-order chi connectivity index (χ0) is 79.9. The number of carbonyl (C=O) groups is 4. The van der Waals surface area contributed by atoms with E-state index in [-0.39, 0.29) is 121 Å². The van der Waals surface area contributed by atoms with Gasteiger partial charge in [-0.05, 0) is 201 Å². The molecule has 0 atom stereocenters. The van der Waals surface area contributed by atoms with Crippen molar-refractivity contribution in [2.75, 3.05) is 21.3 Å². The molecule has 0 spiro atoms. The van der Waals surface area contributed by atoms with E-state index in [0.717, 1.165) is 54.6 Å². The minimum absolute atomic E-state index is 0.0246. The number of rotatable bonds is 20. The van der Waals surface area contributed by atoms with Crippen LogP contribution in [0.5, 0.6) is 0 Å². The molecule has 582 valence electrons. The first-order valence-corrected chi connectivity index (χ1v) is 40.8. The highest BCUT2D eigenvalue weighted by molar-refractivity contribution is 9.10. The molecule has 12 rings (SSSR count). The summed E-state index contributed by atoms with van der Waals surface area (Å²) in [4.78, 5) is 48.1. The van der Waals surface area contributed by atoms with Gasteiger partial charge in [0, 0.05) is 75.2 Å². The molecule has 4 saturated carbocycles. The van der Waals surface area contributed by atoms with E-state index in [1.807, 2.05) is 0 Å². The summed E-state index contributed by atoms with van der Waals surface area (Å²) in [6, 6.07) is 25.5. The predicted octanol–water partition coefficient (Wildman–Crippen LogP) is 12.5. The summed E-state index contributed by atoms with van der Waals surface area (Å²) in [6.07, 6.45) is 0.191. The SMILES string of the molecule is O=C(Nc1cc(F)c(F)c(Cl)c1)c1ccc(Cl)c(S(=O)(=O)NC2CC(O)C2)c1.O=C(Nc1ccc(F)c(Br)c1)c1ccc(Cl)c(S(=O)(=O)NC2CC(O)C2)c1.O=C(Nc1ccc(F)c(Cl)c1)c1ccc(Cl)c(S(=O)(=O)NC2CC(O)C2)c1.O=C(Nc1ccc(F)c(Cl)c1)c1ccc(F)c(S(=O)(=O)NC2CC(O)C2)c1. The van der Waals surface area contributed by atoms with Gasteiger partial charge in [-0.15, -0.1) is 0 Å². The van der Waals surface area contributed by atoms with Crippen molar-refractivity contribution in [3.05, 3.63) is 231 Å². The van der Waals surface area contributed by atoms with Crippen LogP contribution in [0.25, 0.3) is 0 Å². The average molecular weight is 1780 g/mol. The van der Waals surface area contributed by atoms with Gasteiger partial charge < -0.3 is 41.7 Å². The molecule has 0 radical (unpaired) electrons. The maximum Gasteiger partial charge on any atom is 0.255 e. The summed E-state index contributed by atoms with van der Waals surface area (Å²) in [5, 5.41) is 45.9. The summed E-state index contributed by atoms with van der Waals surface area (Å²) in [7, 11) is -16.1. The Hall–Kier alpha value is -7.08. The molecule has 4 aliphatic rings. The largest absolute Gasteiger partial charge is 0.393 e. The molecule has 4 aliphatic carbocycles. The molecule has 4 fully saturated rings. The van der Waals surface area contributed by atoms with Crippen LogP contribution in [0.15, 0.2) is 164 Å². The van der Waals surface area contributed by atoms with Gasteiger partial charge in [-0.1, -0.05) is 69.6 Å². The lowest BCUT2D eigenvalue weighted by Gasteiger charge is -2.31. The van der Waals surface area contributed by atoms with Crippen LogP contribution in [-0.4, -0.2) is 126 Å². The number of amides is 4. The second-order valence-electron chi connectivity index (χ2n) is 24.8. The number of nitrogens with one attached hydrogen (secondary N) is 8. The monoisotopic (exact) mass is 1770 g/mol. The third kappa shape index (κ3) is 22.8. The predicted molar refractivity (Wildman–Crippen MR) is 398 cm³/mol. The topological polar surface area (TPSA) is 382 Å². The number of halogens is 13. The van der Waals surface area contributed by atoms with Crippen molar-refractivity contribution in [2.24, 2.45) is 0 Å². The molecule has 4 amide bonds. The van der Waals surface area contributed by atoms with Crippen molar-refractivity contribution in [2.45, 2.75) is 120 Å². The van der Waals surface area contributed by atoms with Gasteiger partial charge in [-0.2, -0.15) is 0 Å². The maximum absolute atomic E-state index is 14.0. The molecule has 24 nitrogen and oxygen atoms in total. The Morgan fingerprint density at radius 1 is 0.312 bits per heavy atom. The fourth-order valence-electron chi connectivity index (χ4n) is 10.4. The molecular weight excluding hydrogens is 1720 g/mol. The second-order valence-corrected chi connectivity index (χ2v) is 34.8. The van der Waals surface area contributed by atoms with Crippen LogP contribution in [0, 0.1) is 34.9 Å². The summed E-state index contributed by atoms with van der Waals surface area (Å²) in [6.45, 7) is 0. The van der Waals surface area contributed by atoms with E-state index in [0.29, 0.717) is 31.4 Å². The van der Waals surface area contributed by atoms with Gasteiger partial charge in [-0.25, -0.2) is 78.9 Å². The molecule has 0 heterocycles. The van der Waals surface area contributed by atoms with Gasteiger partial charge in [0.15, 0.2) is 11.6 Å². The Morgan fingerprint density at radius 3 is 0.881 bits per heavy atom. The second kappa shape index (κ2) is 36.2. The number of hydrogen-bond donors (Lipinski definition) is 12. The lowest BCUT2D eigenvalue weighted by atomic mass is 9.91. The van der Waals surface area contributed by atoms with Gasteiger partial charge >= 0.3 is 0 Å². The van der Waals surface area contributed by atoms with Crippen molar-refractivity contribution >= 4 is 172 Å². The normalized spacial score (nSPS) is 19.3. The molecular formula is C68H59BrCl6F6N8O16S4. The van der Waals surface area contributed by atoms with Gasteiger partial charge in [0.2, 0.25) is 40.1 Å². The fourth-order valence-corrected chi connectivity index (χ4v) is 18.1. The van der Waals surface area contributed by atoms with E-state index in [9.17, 15) is 99.6 Å². The minimum atomic E-state index is -4.20. The van der Waals surface area contributed by atoms with E-state index in [2.05, 4.69) is 56.1 Å². The van der Waals surface area contributed by atoms with Crippen LogP contribution in [0.3, 0.4) is 0 Å². The minimum Gasteiger partial charge on any atom is -0.393 e. The fraction of sp³-hybridized carbons (Fsp3) is 0.235. The van der Waals surface area contributed by atoms with E-state index in [1.54, 1.807) is 0 Å². The molecule has 0 unspecified atom stereocenters. The van der Waals surface area contributed by atoms with Crippen LogP contribution in [-0.2, 0) is 40.1 Å². The highest BCUT2D eigenvalue weighted by Crippen LogP contribution is 2.33. The number of benzene rings is 8. The van der Waals surface area contributed by atoms with Gasteiger partial charge in [0.05, 0.1) is 59.0 Å². The number of aliphatic hydroxyl groups is 4. The summed E-state index contributed by atoms with van der Waals surface area (Å²) < 4.78 is 190. The smallest absolute Gasteiger partial charge is 0.255 e. The Balaban J connectivity index is 0.000000167. The van der Waals surface area contributed by atoms with Crippen molar-refractivity contribution in [3.8, 4) is 0 Å². The van der Waals surface area contributed by atoms with E-state index >= 15 is 0 Å². The number of sulfonamides is 4. The third-order valence-electron chi connectivity index (χ3n) is 16.4. The molecule has 8 aromatic rings. The van der Waals surface area contributed by atoms with Gasteiger partial charge in [0.1, 0.15) is 42.9 Å². The molecule has 0 saturated heterocycles. The molecule has 41 heteroatoms. The molecule has 109 heavy (non-hydrogen) atoms. The van der Waals surface area contributed by atoms with E-state index in [1.165, 1.54) is 84.9 Å². The zero-order valence-corrected chi connectivity index (χ0v) is 64.7. The lowest BCUT2D eigenvalue weighted by Crippen LogP contribution is -2.46. The first-order valence-electron chi connectivity index (χ1n) is 31.8. The van der Waals surface area contributed by atoms with E-state index < -0.39 is 145 Å². The molecule has 12 N–H and O–H groups in total. The summed E-state index contributed by atoms with van der Waals surface area (Å²) >= 11 is 37.9. The number of carbonyl (C=O) groups excluding carboxylic acids is 4. The first-order chi connectivity index (χ1) is 51.0. The number of anilines is 4. The van der Waals surface area contributed by atoms with Crippen molar-refractivity contribution < 1.29 is 99.6 Å². The Kier molecular flexibility index (Phi) is 28.5. The van der Waals surface area contributed by atoms with Crippen LogP contribution in [0.2, 0.25) is 30.1 Å². The molecule has 0 aliphatic heterocycles. The summed E-state index contributed by atoms with van der Waals surface area (Å²) in [5.74, 6) is -7.91. The van der Waals surface area contributed by atoms with E-state index in [4.69, 9.17) is 69.6 Å². The molecule has 8 aromatic carbocycles. The van der Waals surface area contributed by atoms with Gasteiger partial charge in [0.25, 0.3) is 23.6 Å². The van der Waals surface area contributed by atoms with Crippen LogP contribution in [0.1, 0.15) is 92.8 Å². The van der Waals surface area contributed by atoms with Crippen molar-refractivity contribution in [1.29, 1.82) is 0 Å². The molecule has 0 bridgehead atoms. The number of hydrogen-bond acceptors (Lipinski definition) is 16. The Morgan fingerprint density at radius 2 is 0.578 bits per heavy atom. The number of aliphatic hydroxyl groups excluding tert-OH is 4. The maximum atomic E-state index is 14.0. The van der Waals surface area contributed by atoms with Crippen molar-refractivity contribution in [1.82, 2.24) is 18.9 Å². The zero-order valence-electron chi connectivity index (χ0n) is 55.3. The van der Waals surface area contributed by atoms with Crippen LogP contribution in [0.4, 0.5) is 49.1 Å². The highest BCUT2D eigenvalue weighted by Gasteiger charge is 2.37.